The molecule has 160 valence electrons. The molecule has 0 aromatic heterocycles. The number of Topliss-reactive ketones (excluding diaryl/α,β-unsaturated/α-hetero) is 1. The largest absolute Gasteiger partial charge is 0.393 e. The average Bonchev–Trinajstić information content (AvgIpc) is 3.01. The Balaban J connectivity index is 0.000000556. The van der Waals surface area contributed by atoms with Crippen LogP contribution in [0.4, 0.5) is 0 Å². The fourth-order valence-corrected chi connectivity index (χ4v) is 7.13. The maximum atomic E-state index is 12.4. The number of carbonyl (C=O) groups is 1. The highest BCUT2D eigenvalue weighted by Gasteiger charge is 2.60. The van der Waals surface area contributed by atoms with Gasteiger partial charge in [-0.2, -0.15) is 0 Å². The quantitative estimate of drug-likeness (QED) is 0.489. The molecule has 4 fully saturated rings. The number of fused-ring (bicyclic) bond motifs is 5. The molecule has 0 aromatic rings. The fraction of sp³-hybridized carbons (Fsp3) is 0.960. The van der Waals surface area contributed by atoms with Gasteiger partial charge in [-0.15, -0.1) is 0 Å². The molecule has 0 radical (unpaired) electrons. The van der Waals surface area contributed by atoms with Crippen LogP contribution in [0.1, 0.15) is 113 Å². The smallest absolute Gasteiger partial charge is 0.136 e. The van der Waals surface area contributed by atoms with Gasteiger partial charge >= 0.3 is 0 Å². The summed E-state index contributed by atoms with van der Waals surface area (Å²) in [6.07, 6.45) is 10.1. The van der Waals surface area contributed by atoms with Gasteiger partial charge in [0.25, 0.3) is 0 Å². The van der Waals surface area contributed by atoms with E-state index in [-0.39, 0.29) is 16.9 Å². The Bertz CT molecular complexity index is 459. The van der Waals surface area contributed by atoms with Crippen molar-refractivity contribution in [2.24, 2.45) is 34.5 Å². The van der Waals surface area contributed by atoms with Crippen molar-refractivity contribution in [3.63, 3.8) is 0 Å². The minimum Gasteiger partial charge on any atom is -0.393 e. The molecule has 4 aliphatic rings. The van der Waals surface area contributed by atoms with Crippen LogP contribution in [0.25, 0.3) is 0 Å². The fourth-order valence-electron chi connectivity index (χ4n) is 7.13. The van der Waals surface area contributed by atoms with Gasteiger partial charge in [0.2, 0.25) is 0 Å². The Hall–Kier alpha value is -0.370. The molecule has 0 spiro atoms. The van der Waals surface area contributed by atoms with Crippen molar-refractivity contribution in [1.29, 1.82) is 0 Å². The van der Waals surface area contributed by atoms with Crippen LogP contribution in [0.5, 0.6) is 0 Å². The van der Waals surface area contributed by atoms with E-state index in [4.69, 9.17) is 0 Å². The topological polar surface area (TPSA) is 37.3 Å². The first-order valence-corrected chi connectivity index (χ1v) is 12.2. The molecule has 2 heteroatoms. The first-order chi connectivity index (χ1) is 13.0. The summed E-state index contributed by atoms with van der Waals surface area (Å²) in [6.45, 7) is 16.8. The van der Waals surface area contributed by atoms with Crippen LogP contribution in [-0.2, 0) is 4.79 Å². The highest BCUT2D eigenvalue weighted by Crippen LogP contribution is 2.65. The molecule has 1 N–H and O–H groups in total. The van der Waals surface area contributed by atoms with Crippen LogP contribution in [0.3, 0.4) is 0 Å². The van der Waals surface area contributed by atoms with Crippen molar-refractivity contribution >= 4 is 5.78 Å². The van der Waals surface area contributed by atoms with Gasteiger partial charge in [0.1, 0.15) is 5.78 Å². The Morgan fingerprint density at radius 3 is 2.00 bits per heavy atom. The van der Waals surface area contributed by atoms with Crippen molar-refractivity contribution < 1.29 is 9.90 Å². The lowest BCUT2D eigenvalue weighted by molar-refractivity contribution is -0.150. The molecule has 0 heterocycles. The van der Waals surface area contributed by atoms with Gasteiger partial charge in [-0.05, 0) is 80.0 Å². The van der Waals surface area contributed by atoms with E-state index < -0.39 is 0 Å². The third-order valence-electron chi connectivity index (χ3n) is 8.35. The Morgan fingerprint density at radius 1 is 0.778 bits per heavy atom. The van der Waals surface area contributed by atoms with Crippen LogP contribution < -0.4 is 0 Å². The number of rotatable bonds is 0. The van der Waals surface area contributed by atoms with Crippen molar-refractivity contribution in [2.75, 3.05) is 0 Å². The lowest BCUT2D eigenvalue weighted by Crippen LogP contribution is -2.55. The number of hydrogen-bond donors (Lipinski definition) is 1. The van der Waals surface area contributed by atoms with Crippen LogP contribution in [-0.4, -0.2) is 17.0 Å². The second-order valence-corrected chi connectivity index (χ2v) is 8.97. The van der Waals surface area contributed by atoms with Crippen molar-refractivity contribution in [3.8, 4) is 0 Å². The van der Waals surface area contributed by atoms with Crippen LogP contribution >= 0.6 is 0 Å². The standard InChI is InChI=1S/C19H30O2.3C2H6/c1-18-10-3-4-16(20)15(18)6-5-12-13-7-8-17(21)19(13,2)11-9-14(12)18;3*1-2/h12-15,17,21H,3-11H2,1-2H3;3*1-2H3. The molecular weight excluding hydrogens is 332 g/mol. The van der Waals surface area contributed by atoms with E-state index in [0.29, 0.717) is 17.6 Å². The normalized spacial score (nSPS) is 44.6. The maximum Gasteiger partial charge on any atom is 0.136 e. The summed E-state index contributed by atoms with van der Waals surface area (Å²) in [5, 5.41) is 10.5. The van der Waals surface area contributed by atoms with Gasteiger partial charge in [0.15, 0.2) is 0 Å². The van der Waals surface area contributed by atoms with Crippen LogP contribution in [0.2, 0.25) is 0 Å². The van der Waals surface area contributed by atoms with Crippen molar-refractivity contribution in [2.45, 2.75) is 119 Å². The predicted molar refractivity (Wildman–Crippen MR) is 117 cm³/mol. The second kappa shape index (κ2) is 10.4. The van der Waals surface area contributed by atoms with E-state index in [0.717, 1.165) is 37.5 Å². The molecule has 0 aromatic carbocycles. The Labute approximate surface area is 169 Å². The van der Waals surface area contributed by atoms with Crippen LogP contribution in [0, 0.1) is 34.5 Å². The van der Waals surface area contributed by atoms with Gasteiger partial charge in [-0.1, -0.05) is 55.4 Å². The average molecular weight is 381 g/mol. The number of aliphatic hydroxyl groups excluding tert-OH is 1. The van der Waals surface area contributed by atoms with Gasteiger partial charge in [0.05, 0.1) is 6.10 Å². The highest BCUT2D eigenvalue weighted by molar-refractivity contribution is 5.82. The van der Waals surface area contributed by atoms with E-state index in [9.17, 15) is 9.90 Å². The number of aliphatic hydroxyl groups is 1. The molecule has 2 nitrogen and oxygen atoms in total. The molecule has 4 saturated carbocycles. The summed E-state index contributed by atoms with van der Waals surface area (Å²) in [5.41, 5.74) is 0.441. The summed E-state index contributed by atoms with van der Waals surface area (Å²) >= 11 is 0. The van der Waals surface area contributed by atoms with Gasteiger partial charge in [-0.25, -0.2) is 0 Å². The van der Waals surface area contributed by atoms with E-state index in [1.807, 2.05) is 41.5 Å². The third-order valence-corrected chi connectivity index (χ3v) is 8.35. The van der Waals surface area contributed by atoms with E-state index in [2.05, 4.69) is 13.8 Å². The Morgan fingerprint density at radius 2 is 1.37 bits per heavy atom. The van der Waals surface area contributed by atoms with E-state index in [1.54, 1.807) is 0 Å². The van der Waals surface area contributed by atoms with Crippen molar-refractivity contribution in [1.82, 2.24) is 0 Å². The summed E-state index contributed by atoms with van der Waals surface area (Å²) in [6, 6.07) is 0. The predicted octanol–water partition coefficient (Wildman–Crippen LogP) is 7.04. The summed E-state index contributed by atoms with van der Waals surface area (Å²) in [7, 11) is 0. The SMILES string of the molecule is CC.CC.CC.CC12CCC3C(CCC4C(=O)CCCC43C)C1CCC2O. The summed E-state index contributed by atoms with van der Waals surface area (Å²) < 4.78 is 0. The molecule has 4 aliphatic carbocycles. The molecule has 4 rings (SSSR count). The van der Waals surface area contributed by atoms with Crippen molar-refractivity contribution in [3.05, 3.63) is 0 Å². The zero-order chi connectivity index (χ0) is 20.8. The lowest BCUT2D eigenvalue weighted by Gasteiger charge is -2.59. The molecule has 7 atom stereocenters. The minimum atomic E-state index is -0.0815. The first kappa shape index (κ1) is 24.7. The molecule has 0 amide bonds. The van der Waals surface area contributed by atoms with E-state index >= 15 is 0 Å². The van der Waals surface area contributed by atoms with Gasteiger partial charge in [0, 0.05) is 12.3 Å². The number of ketones is 1. The molecule has 0 bridgehead atoms. The Kier molecular flexibility index (Phi) is 9.52. The zero-order valence-electron chi connectivity index (χ0n) is 19.6. The molecule has 0 aliphatic heterocycles. The monoisotopic (exact) mass is 380 g/mol. The summed E-state index contributed by atoms with van der Waals surface area (Å²) in [4.78, 5) is 12.4. The highest BCUT2D eigenvalue weighted by atomic mass is 16.3. The molecule has 0 saturated heterocycles. The lowest BCUT2D eigenvalue weighted by atomic mass is 9.45. The third kappa shape index (κ3) is 4.16. The van der Waals surface area contributed by atoms with Gasteiger partial charge in [-0.3, -0.25) is 4.79 Å². The first-order valence-electron chi connectivity index (χ1n) is 12.2. The maximum absolute atomic E-state index is 12.4. The van der Waals surface area contributed by atoms with E-state index in [1.165, 1.54) is 32.1 Å². The molecule has 27 heavy (non-hydrogen) atoms. The number of hydrogen-bond acceptors (Lipinski definition) is 2. The number of carbonyl (C=O) groups excluding carboxylic acids is 1. The molecule has 7 unspecified atom stereocenters. The minimum absolute atomic E-state index is 0.0815. The molecular formula is C25H48O2. The summed E-state index contributed by atoms with van der Waals surface area (Å²) in [5.74, 6) is 3.13. The van der Waals surface area contributed by atoms with Crippen LogP contribution in [0.15, 0.2) is 0 Å². The second-order valence-electron chi connectivity index (χ2n) is 8.97. The van der Waals surface area contributed by atoms with Gasteiger partial charge < -0.3 is 5.11 Å². The zero-order valence-corrected chi connectivity index (χ0v) is 19.6.